The summed E-state index contributed by atoms with van der Waals surface area (Å²) in [5.74, 6) is 0.841. The second kappa shape index (κ2) is 3.75. The predicted molar refractivity (Wildman–Crippen MR) is 49.4 cm³/mol. The first-order valence-corrected chi connectivity index (χ1v) is 3.57. The Balaban J connectivity index is 3.28. The second-order valence-corrected chi connectivity index (χ2v) is 2.36. The highest BCUT2D eigenvalue weighted by atomic mass is 16.5. The molecule has 0 saturated heterocycles. The van der Waals surface area contributed by atoms with E-state index in [0.717, 1.165) is 0 Å². The molecule has 0 spiro atoms. The van der Waals surface area contributed by atoms with Crippen molar-refractivity contribution < 1.29 is 9.47 Å². The molecule has 5 heteroatoms. The molecule has 0 fully saturated rings. The Labute approximate surface area is 75.4 Å². The Morgan fingerprint density at radius 1 is 1.31 bits per heavy atom. The molecule has 1 rings (SSSR count). The molecule has 0 aliphatic rings. The SMILES string of the molecule is COc1cc(N)c(N=O)c(OC)c1. The summed E-state index contributed by atoms with van der Waals surface area (Å²) in [6.45, 7) is 0. The fourth-order valence-corrected chi connectivity index (χ4v) is 0.974. The zero-order valence-electron chi connectivity index (χ0n) is 7.40. The first-order valence-electron chi connectivity index (χ1n) is 3.57. The van der Waals surface area contributed by atoms with Crippen molar-refractivity contribution in [1.82, 2.24) is 0 Å². The normalized spacial score (nSPS) is 9.38. The van der Waals surface area contributed by atoms with Gasteiger partial charge in [-0.05, 0) is 5.18 Å². The van der Waals surface area contributed by atoms with Crippen LogP contribution in [0.5, 0.6) is 11.5 Å². The maximum Gasteiger partial charge on any atom is 0.172 e. The molecule has 2 N–H and O–H groups in total. The van der Waals surface area contributed by atoms with E-state index < -0.39 is 0 Å². The number of rotatable bonds is 3. The number of nitrogen functional groups attached to an aromatic ring is 1. The Morgan fingerprint density at radius 2 is 2.00 bits per heavy atom. The van der Waals surface area contributed by atoms with E-state index in [0.29, 0.717) is 11.5 Å². The summed E-state index contributed by atoms with van der Waals surface area (Å²) in [7, 11) is 2.94. The van der Waals surface area contributed by atoms with Gasteiger partial charge in [0, 0.05) is 12.1 Å². The molecule has 0 aromatic heterocycles. The van der Waals surface area contributed by atoms with Crippen LogP contribution in [0.2, 0.25) is 0 Å². The van der Waals surface area contributed by atoms with Crippen molar-refractivity contribution in [3.63, 3.8) is 0 Å². The smallest absolute Gasteiger partial charge is 0.172 e. The van der Waals surface area contributed by atoms with E-state index in [-0.39, 0.29) is 11.4 Å². The molecule has 5 nitrogen and oxygen atoms in total. The van der Waals surface area contributed by atoms with Crippen LogP contribution in [0.1, 0.15) is 0 Å². The predicted octanol–water partition coefficient (Wildman–Crippen LogP) is 1.68. The summed E-state index contributed by atoms with van der Waals surface area (Å²) in [6.07, 6.45) is 0. The van der Waals surface area contributed by atoms with Gasteiger partial charge in [-0.2, -0.15) is 0 Å². The quantitative estimate of drug-likeness (QED) is 0.570. The van der Waals surface area contributed by atoms with Crippen LogP contribution < -0.4 is 15.2 Å². The molecule has 1 aromatic carbocycles. The zero-order chi connectivity index (χ0) is 9.84. The number of anilines is 1. The lowest BCUT2D eigenvalue weighted by molar-refractivity contribution is 0.395. The van der Waals surface area contributed by atoms with Gasteiger partial charge in [-0.25, -0.2) is 0 Å². The molecular formula is C8H10N2O3. The second-order valence-electron chi connectivity index (χ2n) is 2.36. The van der Waals surface area contributed by atoms with Gasteiger partial charge < -0.3 is 15.2 Å². The fraction of sp³-hybridized carbons (Fsp3) is 0.250. The van der Waals surface area contributed by atoms with Crippen LogP contribution in [-0.2, 0) is 0 Å². The number of hydrogen-bond acceptors (Lipinski definition) is 5. The molecule has 0 heterocycles. The average molecular weight is 182 g/mol. The largest absolute Gasteiger partial charge is 0.497 e. The van der Waals surface area contributed by atoms with Gasteiger partial charge in [0.05, 0.1) is 19.9 Å². The molecule has 13 heavy (non-hydrogen) atoms. The van der Waals surface area contributed by atoms with Crippen molar-refractivity contribution in [3.05, 3.63) is 17.0 Å². The van der Waals surface area contributed by atoms with E-state index >= 15 is 0 Å². The van der Waals surface area contributed by atoms with Crippen molar-refractivity contribution in [2.45, 2.75) is 0 Å². The van der Waals surface area contributed by atoms with Crippen molar-refractivity contribution in [3.8, 4) is 11.5 Å². The first kappa shape index (κ1) is 9.31. The number of nitroso groups, excluding NO2 is 1. The number of ether oxygens (including phenoxy) is 2. The Morgan fingerprint density at radius 3 is 2.46 bits per heavy atom. The molecule has 0 aliphatic heterocycles. The van der Waals surface area contributed by atoms with Crippen LogP contribution in [0, 0.1) is 4.91 Å². The van der Waals surface area contributed by atoms with Crippen LogP contribution >= 0.6 is 0 Å². The van der Waals surface area contributed by atoms with Crippen molar-refractivity contribution in [1.29, 1.82) is 0 Å². The van der Waals surface area contributed by atoms with Gasteiger partial charge in [-0.15, -0.1) is 4.91 Å². The summed E-state index contributed by atoms with van der Waals surface area (Å²) in [5, 5.41) is 2.76. The van der Waals surface area contributed by atoms with Crippen LogP contribution in [-0.4, -0.2) is 14.2 Å². The van der Waals surface area contributed by atoms with Gasteiger partial charge in [0.2, 0.25) is 0 Å². The number of methoxy groups -OCH3 is 2. The Hall–Kier alpha value is -1.78. The summed E-state index contributed by atoms with van der Waals surface area (Å²) in [4.78, 5) is 10.4. The molecule has 0 saturated carbocycles. The summed E-state index contributed by atoms with van der Waals surface area (Å²) >= 11 is 0. The maximum absolute atomic E-state index is 10.4. The lowest BCUT2D eigenvalue weighted by Gasteiger charge is -2.07. The van der Waals surface area contributed by atoms with Crippen molar-refractivity contribution in [2.24, 2.45) is 5.18 Å². The number of nitrogens with two attached hydrogens (primary N) is 1. The lowest BCUT2D eigenvalue weighted by atomic mass is 10.2. The van der Waals surface area contributed by atoms with Gasteiger partial charge in [-0.3, -0.25) is 0 Å². The third-order valence-corrected chi connectivity index (χ3v) is 1.62. The third kappa shape index (κ3) is 1.69. The van der Waals surface area contributed by atoms with E-state index in [4.69, 9.17) is 15.2 Å². The van der Waals surface area contributed by atoms with Crippen LogP contribution in [0.15, 0.2) is 17.3 Å². The molecule has 0 unspecified atom stereocenters. The lowest BCUT2D eigenvalue weighted by Crippen LogP contribution is -1.92. The third-order valence-electron chi connectivity index (χ3n) is 1.62. The first-order chi connectivity index (χ1) is 6.22. The summed E-state index contributed by atoms with van der Waals surface area (Å²) in [6, 6.07) is 3.06. The highest BCUT2D eigenvalue weighted by molar-refractivity contribution is 5.72. The van der Waals surface area contributed by atoms with Crippen LogP contribution in [0.25, 0.3) is 0 Å². The monoisotopic (exact) mass is 182 g/mol. The molecular weight excluding hydrogens is 172 g/mol. The number of hydrogen-bond donors (Lipinski definition) is 1. The Bertz CT molecular complexity index is 325. The van der Waals surface area contributed by atoms with E-state index in [1.54, 1.807) is 6.07 Å². The van der Waals surface area contributed by atoms with E-state index in [1.165, 1.54) is 20.3 Å². The highest BCUT2D eigenvalue weighted by Gasteiger charge is 2.09. The highest BCUT2D eigenvalue weighted by Crippen LogP contribution is 2.37. The van der Waals surface area contributed by atoms with Crippen LogP contribution in [0.3, 0.4) is 0 Å². The number of benzene rings is 1. The zero-order valence-corrected chi connectivity index (χ0v) is 7.40. The van der Waals surface area contributed by atoms with Crippen molar-refractivity contribution in [2.75, 3.05) is 20.0 Å². The van der Waals surface area contributed by atoms with Crippen LogP contribution in [0.4, 0.5) is 11.4 Å². The minimum atomic E-state index is 0.100. The van der Waals surface area contributed by atoms with Gasteiger partial charge in [0.1, 0.15) is 5.75 Å². The molecule has 0 bridgehead atoms. The minimum Gasteiger partial charge on any atom is -0.497 e. The molecule has 1 aromatic rings. The molecule has 0 radical (unpaired) electrons. The average Bonchev–Trinajstić information content (AvgIpc) is 2.16. The van der Waals surface area contributed by atoms with Gasteiger partial charge in [0.15, 0.2) is 11.4 Å². The summed E-state index contributed by atoms with van der Waals surface area (Å²) in [5.41, 5.74) is 5.87. The number of nitrogens with zero attached hydrogens (tertiary/aromatic N) is 1. The standard InChI is InChI=1S/C8H10N2O3/c1-12-5-3-6(9)8(10-11)7(4-5)13-2/h3-4H,9H2,1-2H3. The van der Waals surface area contributed by atoms with Gasteiger partial charge >= 0.3 is 0 Å². The topological polar surface area (TPSA) is 73.9 Å². The van der Waals surface area contributed by atoms with E-state index in [9.17, 15) is 4.91 Å². The van der Waals surface area contributed by atoms with E-state index in [1.807, 2.05) is 0 Å². The molecule has 0 atom stereocenters. The van der Waals surface area contributed by atoms with Gasteiger partial charge in [0.25, 0.3) is 0 Å². The minimum absolute atomic E-state index is 0.100. The molecule has 0 aliphatic carbocycles. The molecule has 0 amide bonds. The van der Waals surface area contributed by atoms with Crippen molar-refractivity contribution >= 4 is 11.4 Å². The summed E-state index contributed by atoms with van der Waals surface area (Å²) < 4.78 is 9.84. The van der Waals surface area contributed by atoms with Gasteiger partial charge in [-0.1, -0.05) is 0 Å². The maximum atomic E-state index is 10.4. The fourth-order valence-electron chi connectivity index (χ4n) is 0.974. The Kier molecular flexibility index (Phi) is 2.69. The van der Waals surface area contributed by atoms with E-state index in [2.05, 4.69) is 5.18 Å². The molecule has 70 valence electrons.